The van der Waals surface area contributed by atoms with Crippen LogP contribution in [0.2, 0.25) is 0 Å². The van der Waals surface area contributed by atoms with E-state index >= 15 is 0 Å². The molecule has 0 saturated heterocycles. The van der Waals surface area contributed by atoms with Gasteiger partial charge in [-0.05, 0) is 33.2 Å². The predicted octanol–water partition coefficient (Wildman–Crippen LogP) is 1.92. The van der Waals surface area contributed by atoms with Crippen molar-refractivity contribution in [2.75, 3.05) is 20.1 Å². The van der Waals surface area contributed by atoms with Crippen LogP contribution in [0.25, 0.3) is 0 Å². The summed E-state index contributed by atoms with van der Waals surface area (Å²) in [6.07, 6.45) is 6.19. The fraction of sp³-hybridized carbons (Fsp3) is 0.933. The highest BCUT2D eigenvalue weighted by Gasteiger charge is 2.31. The minimum Gasteiger partial charge on any atom is -0.389 e. The van der Waals surface area contributed by atoms with E-state index in [9.17, 15) is 9.90 Å². The molecule has 0 bridgehead atoms. The highest BCUT2D eigenvalue weighted by Crippen LogP contribution is 2.30. The van der Waals surface area contributed by atoms with E-state index in [-0.39, 0.29) is 12.3 Å². The molecule has 1 rings (SSSR count). The third-order valence-corrected chi connectivity index (χ3v) is 4.40. The standard InChI is InChI=1S/C15H30N2O2/c1-4-13(2)17(3)11-10-16-14(18)12-15(19)8-6-5-7-9-15/h13,19H,4-12H2,1-3H3,(H,16,18). The Morgan fingerprint density at radius 2 is 2.00 bits per heavy atom. The van der Waals surface area contributed by atoms with Crippen molar-refractivity contribution in [1.29, 1.82) is 0 Å². The highest BCUT2D eigenvalue weighted by molar-refractivity contribution is 5.77. The lowest BCUT2D eigenvalue weighted by Gasteiger charge is -2.31. The van der Waals surface area contributed by atoms with Gasteiger partial charge in [-0.1, -0.05) is 26.2 Å². The van der Waals surface area contributed by atoms with Crippen LogP contribution in [0, 0.1) is 0 Å². The van der Waals surface area contributed by atoms with Crippen molar-refractivity contribution in [1.82, 2.24) is 10.2 Å². The summed E-state index contributed by atoms with van der Waals surface area (Å²) in [4.78, 5) is 14.1. The Balaban J connectivity index is 2.20. The second-order valence-electron chi connectivity index (χ2n) is 6.05. The molecule has 0 aromatic heterocycles. The average molecular weight is 270 g/mol. The Labute approximate surface area is 117 Å². The third kappa shape index (κ3) is 5.91. The monoisotopic (exact) mass is 270 g/mol. The smallest absolute Gasteiger partial charge is 0.222 e. The summed E-state index contributed by atoms with van der Waals surface area (Å²) in [5.74, 6) is -0.0121. The molecule has 1 aliphatic carbocycles. The first-order chi connectivity index (χ1) is 8.97. The van der Waals surface area contributed by atoms with Gasteiger partial charge in [0.05, 0.1) is 12.0 Å². The zero-order valence-electron chi connectivity index (χ0n) is 12.7. The molecule has 1 aliphatic rings. The molecule has 1 saturated carbocycles. The van der Waals surface area contributed by atoms with Gasteiger partial charge in [-0.25, -0.2) is 0 Å². The number of rotatable bonds is 7. The van der Waals surface area contributed by atoms with Crippen LogP contribution >= 0.6 is 0 Å². The molecule has 112 valence electrons. The van der Waals surface area contributed by atoms with Crippen LogP contribution in [0.1, 0.15) is 58.8 Å². The van der Waals surface area contributed by atoms with E-state index in [0.717, 1.165) is 38.6 Å². The molecular weight excluding hydrogens is 240 g/mol. The average Bonchev–Trinajstić information content (AvgIpc) is 2.37. The van der Waals surface area contributed by atoms with Crippen LogP contribution in [-0.4, -0.2) is 47.7 Å². The van der Waals surface area contributed by atoms with E-state index in [1.165, 1.54) is 6.42 Å². The number of nitrogens with zero attached hydrogens (tertiary/aromatic N) is 1. The van der Waals surface area contributed by atoms with E-state index in [1.807, 2.05) is 0 Å². The number of nitrogens with one attached hydrogen (secondary N) is 1. The first kappa shape index (κ1) is 16.4. The second-order valence-corrected chi connectivity index (χ2v) is 6.05. The molecule has 1 fully saturated rings. The molecule has 0 radical (unpaired) electrons. The van der Waals surface area contributed by atoms with Gasteiger partial charge >= 0.3 is 0 Å². The van der Waals surface area contributed by atoms with Crippen molar-refractivity contribution in [2.45, 2.75) is 70.4 Å². The third-order valence-electron chi connectivity index (χ3n) is 4.40. The maximum absolute atomic E-state index is 11.8. The Morgan fingerprint density at radius 3 is 2.58 bits per heavy atom. The number of hydrogen-bond donors (Lipinski definition) is 2. The van der Waals surface area contributed by atoms with E-state index in [1.54, 1.807) is 0 Å². The summed E-state index contributed by atoms with van der Waals surface area (Å²) in [5.41, 5.74) is -0.745. The fourth-order valence-electron chi connectivity index (χ4n) is 2.65. The van der Waals surface area contributed by atoms with Crippen molar-refractivity contribution >= 4 is 5.91 Å². The number of carbonyl (C=O) groups excluding carboxylic acids is 1. The van der Waals surface area contributed by atoms with Crippen molar-refractivity contribution in [2.24, 2.45) is 0 Å². The molecule has 0 spiro atoms. The predicted molar refractivity (Wildman–Crippen MR) is 78.0 cm³/mol. The molecular formula is C15H30N2O2. The summed E-state index contributed by atoms with van der Waals surface area (Å²) >= 11 is 0. The zero-order valence-corrected chi connectivity index (χ0v) is 12.7. The number of likely N-dealkylation sites (N-methyl/N-ethyl adjacent to an activating group) is 1. The van der Waals surface area contributed by atoms with Gasteiger partial charge in [0.2, 0.25) is 5.91 Å². The number of amides is 1. The van der Waals surface area contributed by atoms with E-state index in [4.69, 9.17) is 0 Å². The quantitative estimate of drug-likeness (QED) is 0.743. The minimum atomic E-state index is -0.745. The van der Waals surface area contributed by atoms with Gasteiger partial charge in [0, 0.05) is 19.1 Å². The van der Waals surface area contributed by atoms with Gasteiger partial charge in [-0.2, -0.15) is 0 Å². The zero-order chi connectivity index (χ0) is 14.3. The maximum Gasteiger partial charge on any atom is 0.222 e. The summed E-state index contributed by atoms with van der Waals surface area (Å²) in [6, 6.07) is 0.541. The summed E-state index contributed by atoms with van der Waals surface area (Å²) < 4.78 is 0. The molecule has 19 heavy (non-hydrogen) atoms. The number of carbonyl (C=O) groups is 1. The Bertz CT molecular complexity index is 275. The molecule has 0 aromatic carbocycles. The molecule has 0 aromatic rings. The van der Waals surface area contributed by atoms with Gasteiger partial charge in [0.1, 0.15) is 0 Å². The van der Waals surface area contributed by atoms with Crippen molar-refractivity contribution in [3.63, 3.8) is 0 Å². The van der Waals surface area contributed by atoms with E-state index in [2.05, 4.69) is 31.1 Å². The Morgan fingerprint density at radius 1 is 1.37 bits per heavy atom. The first-order valence-corrected chi connectivity index (χ1v) is 7.66. The topological polar surface area (TPSA) is 52.6 Å². The van der Waals surface area contributed by atoms with Crippen LogP contribution in [0.4, 0.5) is 0 Å². The van der Waals surface area contributed by atoms with Crippen molar-refractivity contribution < 1.29 is 9.90 Å². The summed E-state index contributed by atoms with van der Waals surface area (Å²) in [5, 5.41) is 13.2. The molecule has 0 aliphatic heterocycles. The van der Waals surface area contributed by atoms with Crippen LogP contribution in [0.5, 0.6) is 0 Å². The molecule has 4 heteroatoms. The number of hydrogen-bond acceptors (Lipinski definition) is 3. The van der Waals surface area contributed by atoms with Crippen LogP contribution in [0.15, 0.2) is 0 Å². The molecule has 0 heterocycles. The molecule has 4 nitrogen and oxygen atoms in total. The van der Waals surface area contributed by atoms with E-state index < -0.39 is 5.60 Å². The lowest BCUT2D eigenvalue weighted by atomic mass is 9.82. The largest absolute Gasteiger partial charge is 0.389 e. The van der Waals surface area contributed by atoms with Gasteiger partial charge < -0.3 is 15.3 Å². The van der Waals surface area contributed by atoms with Gasteiger partial charge in [-0.3, -0.25) is 4.79 Å². The van der Waals surface area contributed by atoms with Gasteiger partial charge in [0.15, 0.2) is 0 Å². The highest BCUT2D eigenvalue weighted by atomic mass is 16.3. The molecule has 1 atom stereocenters. The van der Waals surface area contributed by atoms with Crippen LogP contribution in [-0.2, 0) is 4.79 Å². The number of aliphatic hydroxyl groups is 1. The summed E-state index contributed by atoms with van der Waals surface area (Å²) in [6.45, 7) is 5.87. The lowest BCUT2D eigenvalue weighted by Crippen LogP contribution is -2.41. The first-order valence-electron chi connectivity index (χ1n) is 7.66. The molecule has 1 amide bonds. The molecule has 1 unspecified atom stereocenters. The van der Waals surface area contributed by atoms with Crippen LogP contribution < -0.4 is 5.32 Å². The molecule has 2 N–H and O–H groups in total. The Hall–Kier alpha value is -0.610. The fourth-order valence-corrected chi connectivity index (χ4v) is 2.65. The Kier molecular flexibility index (Phi) is 6.80. The van der Waals surface area contributed by atoms with E-state index in [0.29, 0.717) is 12.6 Å². The maximum atomic E-state index is 11.8. The van der Waals surface area contributed by atoms with Gasteiger partial charge in [-0.15, -0.1) is 0 Å². The normalized spacial score (nSPS) is 20.3. The van der Waals surface area contributed by atoms with Crippen LogP contribution in [0.3, 0.4) is 0 Å². The van der Waals surface area contributed by atoms with Crippen molar-refractivity contribution in [3.05, 3.63) is 0 Å². The van der Waals surface area contributed by atoms with Gasteiger partial charge in [0.25, 0.3) is 0 Å². The summed E-state index contributed by atoms with van der Waals surface area (Å²) in [7, 11) is 2.08. The van der Waals surface area contributed by atoms with Crippen molar-refractivity contribution in [3.8, 4) is 0 Å². The second kappa shape index (κ2) is 7.85. The minimum absolute atomic E-state index is 0.0121. The SMILES string of the molecule is CCC(C)N(C)CCNC(=O)CC1(O)CCCCC1. The lowest BCUT2D eigenvalue weighted by molar-refractivity contribution is -0.127.